The summed E-state index contributed by atoms with van der Waals surface area (Å²) in [6.45, 7) is 4.24. The van der Waals surface area contributed by atoms with Crippen molar-refractivity contribution in [2.75, 3.05) is 18.5 Å². The second kappa shape index (κ2) is 10.1. The third-order valence-electron chi connectivity index (χ3n) is 5.33. The standard InChI is InChI=1S/C26H24N4O5/c1-3-35-20-11-9-19(10-12-20)30-25(33)21-13-6-17(14-22(21)26(30)34)24(32)29-28-23(31)15-27-18-7-4-16(2)5-8-18/h4-14,27,33-34H,3,15H2,1-2H3. The van der Waals surface area contributed by atoms with Crippen LogP contribution >= 0.6 is 0 Å². The van der Waals surface area contributed by atoms with E-state index in [0.717, 1.165) is 11.3 Å². The quantitative estimate of drug-likeness (QED) is 0.326. The van der Waals surface area contributed by atoms with E-state index in [1.807, 2.05) is 38.1 Å². The molecule has 0 aliphatic carbocycles. The van der Waals surface area contributed by atoms with Gasteiger partial charge in [-0.25, -0.2) is 0 Å². The van der Waals surface area contributed by atoms with Crippen molar-refractivity contribution in [2.45, 2.75) is 13.8 Å². The minimum Gasteiger partial charge on any atom is -0.494 e. The van der Waals surface area contributed by atoms with Crippen LogP contribution in [0.15, 0.2) is 77.0 Å². The van der Waals surface area contributed by atoms with Crippen molar-refractivity contribution in [1.29, 1.82) is 0 Å². The van der Waals surface area contributed by atoms with E-state index in [1.165, 1.54) is 22.8 Å². The van der Waals surface area contributed by atoms with Gasteiger partial charge in [-0.05, 0) is 68.4 Å². The van der Waals surface area contributed by atoms with E-state index >= 15 is 0 Å². The fourth-order valence-corrected chi connectivity index (χ4v) is 3.54. The molecule has 0 bridgehead atoms. The third kappa shape index (κ3) is 5.14. The Kier molecular flexibility index (Phi) is 6.77. The number of ether oxygens (including phenoxy) is 1. The van der Waals surface area contributed by atoms with Gasteiger partial charge < -0.3 is 20.3 Å². The molecule has 178 valence electrons. The highest BCUT2D eigenvalue weighted by Crippen LogP contribution is 2.39. The van der Waals surface area contributed by atoms with Crippen molar-refractivity contribution in [2.24, 2.45) is 10.2 Å². The maximum atomic E-state index is 12.5. The molecule has 0 radical (unpaired) electrons. The number of carbonyl (C=O) groups excluding carboxylic acids is 2. The Morgan fingerprint density at radius 1 is 0.914 bits per heavy atom. The summed E-state index contributed by atoms with van der Waals surface area (Å²) in [5.74, 6) is -1.12. The zero-order valence-corrected chi connectivity index (χ0v) is 19.2. The zero-order chi connectivity index (χ0) is 24.9. The summed E-state index contributed by atoms with van der Waals surface area (Å²) < 4.78 is 6.68. The molecular formula is C26H24N4O5. The fraction of sp³-hybridized carbons (Fsp3) is 0.154. The van der Waals surface area contributed by atoms with Crippen LogP contribution in [0.5, 0.6) is 17.5 Å². The van der Waals surface area contributed by atoms with Crippen molar-refractivity contribution in [1.82, 2.24) is 4.57 Å². The molecular weight excluding hydrogens is 448 g/mol. The number of hydrogen-bond donors (Lipinski definition) is 3. The van der Waals surface area contributed by atoms with Gasteiger partial charge in [0.2, 0.25) is 11.8 Å². The summed E-state index contributed by atoms with van der Waals surface area (Å²) in [7, 11) is 0. The van der Waals surface area contributed by atoms with Crippen molar-refractivity contribution in [3.8, 4) is 23.2 Å². The molecule has 35 heavy (non-hydrogen) atoms. The van der Waals surface area contributed by atoms with Crippen LogP contribution in [0.1, 0.15) is 22.8 Å². The Bertz CT molecular complexity index is 1410. The number of anilines is 1. The summed E-state index contributed by atoms with van der Waals surface area (Å²) in [6, 6.07) is 18.7. The highest BCUT2D eigenvalue weighted by atomic mass is 16.5. The topological polar surface area (TPSA) is 126 Å². The number of azo groups is 1. The van der Waals surface area contributed by atoms with E-state index in [0.29, 0.717) is 23.4 Å². The number of benzene rings is 3. The van der Waals surface area contributed by atoms with Gasteiger partial charge in [0, 0.05) is 22.0 Å². The summed E-state index contributed by atoms with van der Waals surface area (Å²) in [5.41, 5.74) is 2.47. The van der Waals surface area contributed by atoms with Crippen LogP contribution in [0, 0.1) is 6.92 Å². The van der Waals surface area contributed by atoms with Gasteiger partial charge in [0.25, 0.3) is 11.8 Å². The molecule has 0 saturated heterocycles. The molecule has 9 heteroatoms. The smallest absolute Gasteiger partial charge is 0.295 e. The van der Waals surface area contributed by atoms with E-state index in [2.05, 4.69) is 15.5 Å². The molecule has 0 fully saturated rings. The molecule has 3 N–H and O–H groups in total. The maximum absolute atomic E-state index is 12.5. The fourth-order valence-electron chi connectivity index (χ4n) is 3.54. The Hall–Kier alpha value is -4.66. The molecule has 9 nitrogen and oxygen atoms in total. The minimum absolute atomic E-state index is 0.111. The molecule has 2 amide bonds. The molecule has 3 aromatic carbocycles. The summed E-state index contributed by atoms with van der Waals surface area (Å²) in [6.07, 6.45) is 0. The number of nitrogens with one attached hydrogen (secondary N) is 1. The van der Waals surface area contributed by atoms with Gasteiger partial charge in [-0.2, -0.15) is 0 Å². The number of carbonyl (C=O) groups is 2. The highest BCUT2D eigenvalue weighted by molar-refractivity contribution is 6.02. The summed E-state index contributed by atoms with van der Waals surface area (Å²) >= 11 is 0. The normalized spacial score (nSPS) is 11.1. The summed E-state index contributed by atoms with van der Waals surface area (Å²) in [5, 5.41) is 31.9. The molecule has 0 aliphatic rings. The average molecular weight is 473 g/mol. The second-order valence-corrected chi connectivity index (χ2v) is 7.79. The van der Waals surface area contributed by atoms with E-state index < -0.39 is 11.8 Å². The molecule has 0 atom stereocenters. The van der Waals surface area contributed by atoms with E-state index in [-0.39, 0.29) is 29.3 Å². The first kappa shape index (κ1) is 23.5. The van der Waals surface area contributed by atoms with Crippen LogP contribution < -0.4 is 10.1 Å². The van der Waals surface area contributed by atoms with Crippen molar-refractivity contribution < 1.29 is 24.5 Å². The lowest BCUT2D eigenvalue weighted by atomic mass is 10.1. The van der Waals surface area contributed by atoms with E-state index in [4.69, 9.17) is 4.74 Å². The second-order valence-electron chi connectivity index (χ2n) is 7.79. The van der Waals surface area contributed by atoms with Gasteiger partial charge in [0.15, 0.2) is 0 Å². The van der Waals surface area contributed by atoms with Gasteiger partial charge in [-0.1, -0.05) is 17.7 Å². The average Bonchev–Trinajstić information content (AvgIpc) is 3.12. The number of aromatic hydroxyl groups is 2. The van der Waals surface area contributed by atoms with Crippen LogP contribution in [-0.2, 0) is 4.79 Å². The largest absolute Gasteiger partial charge is 0.494 e. The number of aryl methyl sites for hydroxylation is 1. The number of fused-ring (bicyclic) bond motifs is 1. The predicted octanol–water partition coefficient (Wildman–Crippen LogP) is 4.98. The Labute approximate surface area is 201 Å². The summed E-state index contributed by atoms with van der Waals surface area (Å²) in [4.78, 5) is 24.5. The maximum Gasteiger partial charge on any atom is 0.295 e. The molecule has 1 heterocycles. The van der Waals surface area contributed by atoms with Crippen LogP contribution in [0.3, 0.4) is 0 Å². The number of aromatic nitrogens is 1. The first-order valence-electron chi connectivity index (χ1n) is 11.0. The monoisotopic (exact) mass is 472 g/mol. The van der Waals surface area contributed by atoms with E-state index in [9.17, 15) is 19.8 Å². The third-order valence-corrected chi connectivity index (χ3v) is 5.33. The predicted molar refractivity (Wildman–Crippen MR) is 132 cm³/mol. The van der Waals surface area contributed by atoms with Crippen LogP contribution in [0.25, 0.3) is 16.5 Å². The molecule has 0 unspecified atom stereocenters. The van der Waals surface area contributed by atoms with E-state index in [1.54, 1.807) is 24.3 Å². The molecule has 0 saturated carbocycles. The lowest BCUT2D eigenvalue weighted by Gasteiger charge is -2.08. The molecule has 1 aromatic heterocycles. The van der Waals surface area contributed by atoms with Crippen LogP contribution in [-0.4, -0.2) is 39.7 Å². The zero-order valence-electron chi connectivity index (χ0n) is 19.2. The number of rotatable bonds is 7. The minimum atomic E-state index is -0.747. The number of hydrogen-bond acceptors (Lipinski definition) is 6. The van der Waals surface area contributed by atoms with Gasteiger partial charge in [-0.3, -0.25) is 14.2 Å². The van der Waals surface area contributed by atoms with Gasteiger partial charge in [0.05, 0.1) is 18.8 Å². The lowest BCUT2D eigenvalue weighted by Crippen LogP contribution is -2.11. The highest BCUT2D eigenvalue weighted by Gasteiger charge is 2.19. The SMILES string of the molecule is CCOc1ccc(-n2c(O)c3ccc(C(=O)N=NC(=O)CNc4ccc(C)cc4)cc3c2O)cc1. The first-order chi connectivity index (χ1) is 16.9. The van der Waals surface area contributed by atoms with Crippen molar-refractivity contribution in [3.63, 3.8) is 0 Å². The number of amides is 2. The van der Waals surface area contributed by atoms with Crippen molar-refractivity contribution in [3.05, 3.63) is 77.9 Å². The molecule has 4 rings (SSSR count). The Morgan fingerprint density at radius 2 is 1.60 bits per heavy atom. The first-order valence-corrected chi connectivity index (χ1v) is 11.0. The van der Waals surface area contributed by atoms with Crippen LogP contribution in [0.2, 0.25) is 0 Å². The Balaban J connectivity index is 1.50. The number of nitrogens with zero attached hydrogens (tertiary/aromatic N) is 3. The molecule has 4 aromatic rings. The molecule has 0 aliphatic heterocycles. The van der Waals surface area contributed by atoms with Gasteiger partial charge in [-0.15, -0.1) is 10.2 Å². The lowest BCUT2D eigenvalue weighted by molar-refractivity contribution is -0.116. The van der Waals surface area contributed by atoms with Crippen LogP contribution in [0.4, 0.5) is 5.69 Å². The Morgan fingerprint density at radius 3 is 2.29 bits per heavy atom. The van der Waals surface area contributed by atoms with Gasteiger partial charge >= 0.3 is 0 Å². The van der Waals surface area contributed by atoms with Gasteiger partial charge in [0.1, 0.15) is 5.75 Å². The van der Waals surface area contributed by atoms with Crippen molar-refractivity contribution >= 4 is 28.3 Å². The molecule has 0 spiro atoms.